The lowest BCUT2D eigenvalue weighted by molar-refractivity contribution is -0.120. The van der Waals surface area contributed by atoms with Crippen LogP contribution < -0.4 is 15.4 Å². The van der Waals surface area contributed by atoms with Gasteiger partial charge in [-0.3, -0.25) is 4.79 Å². The second-order valence-corrected chi connectivity index (χ2v) is 4.25. The summed E-state index contributed by atoms with van der Waals surface area (Å²) < 4.78 is 10.4. The Morgan fingerprint density at radius 2 is 2.39 bits per heavy atom. The summed E-state index contributed by atoms with van der Waals surface area (Å²) in [5.41, 5.74) is 1.77. The van der Waals surface area contributed by atoms with Crippen molar-refractivity contribution in [2.24, 2.45) is 0 Å². The Hall–Kier alpha value is -1.59. The third-order valence-electron chi connectivity index (χ3n) is 2.93. The fourth-order valence-electron chi connectivity index (χ4n) is 1.86. The fraction of sp³-hybridized carbons (Fsp3) is 0.462. The molecule has 0 bridgehead atoms. The van der Waals surface area contributed by atoms with Crippen molar-refractivity contribution in [2.45, 2.75) is 13.0 Å². The molecule has 0 spiro atoms. The molecule has 98 valence electrons. The van der Waals surface area contributed by atoms with Crippen LogP contribution in [0.5, 0.6) is 5.75 Å². The molecule has 1 aliphatic rings. The highest BCUT2D eigenvalue weighted by Crippen LogP contribution is 2.21. The van der Waals surface area contributed by atoms with Crippen molar-refractivity contribution in [1.82, 2.24) is 5.32 Å². The number of nitrogens with one attached hydrogen (secondary N) is 2. The molecule has 1 saturated heterocycles. The third-order valence-corrected chi connectivity index (χ3v) is 2.93. The van der Waals surface area contributed by atoms with E-state index in [1.807, 2.05) is 25.1 Å². The lowest BCUT2D eigenvalue weighted by Crippen LogP contribution is -2.48. The fourth-order valence-corrected chi connectivity index (χ4v) is 1.86. The van der Waals surface area contributed by atoms with Crippen molar-refractivity contribution in [3.8, 4) is 5.75 Å². The van der Waals surface area contributed by atoms with E-state index >= 15 is 0 Å². The van der Waals surface area contributed by atoms with Crippen LogP contribution in [0.15, 0.2) is 18.2 Å². The van der Waals surface area contributed by atoms with Crippen LogP contribution in [0.3, 0.4) is 0 Å². The predicted molar refractivity (Wildman–Crippen MR) is 69.0 cm³/mol. The lowest BCUT2D eigenvalue weighted by Gasteiger charge is -2.23. The SMILES string of the molecule is COc1ccc(NC(=O)C2COCCN2)c(C)c1. The van der Waals surface area contributed by atoms with Gasteiger partial charge in [-0.1, -0.05) is 0 Å². The minimum absolute atomic E-state index is 0.0667. The molecule has 1 atom stereocenters. The number of rotatable bonds is 3. The molecule has 0 radical (unpaired) electrons. The highest BCUT2D eigenvalue weighted by Gasteiger charge is 2.21. The van der Waals surface area contributed by atoms with Gasteiger partial charge in [0.2, 0.25) is 5.91 Å². The lowest BCUT2D eigenvalue weighted by atomic mass is 10.1. The van der Waals surface area contributed by atoms with Crippen LogP contribution in [-0.2, 0) is 9.53 Å². The molecule has 1 amide bonds. The molecule has 0 saturated carbocycles. The number of anilines is 1. The van der Waals surface area contributed by atoms with Crippen LogP contribution in [0.4, 0.5) is 5.69 Å². The predicted octanol–water partition coefficient (Wildman–Crippen LogP) is 0.931. The molecule has 1 fully saturated rings. The van der Waals surface area contributed by atoms with Gasteiger partial charge in [-0.05, 0) is 30.7 Å². The summed E-state index contributed by atoms with van der Waals surface area (Å²) in [4.78, 5) is 12.0. The summed E-state index contributed by atoms with van der Waals surface area (Å²) in [6.07, 6.45) is 0. The van der Waals surface area contributed by atoms with Gasteiger partial charge in [0, 0.05) is 12.2 Å². The molecular formula is C13H18N2O3. The van der Waals surface area contributed by atoms with Crippen LogP contribution in [0.2, 0.25) is 0 Å². The maximum atomic E-state index is 12.0. The molecule has 0 aliphatic carbocycles. The summed E-state index contributed by atoms with van der Waals surface area (Å²) in [6.45, 7) is 3.72. The molecule has 5 nitrogen and oxygen atoms in total. The summed E-state index contributed by atoms with van der Waals surface area (Å²) in [6, 6.07) is 5.28. The molecule has 2 rings (SSSR count). The number of benzene rings is 1. The van der Waals surface area contributed by atoms with Crippen molar-refractivity contribution in [1.29, 1.82) is 0 Å². The van der Waals surface area contributed by atoms with E-state index in [4.69, 9.17) is 9.47 Å². The van der Waals surface area contributed by atoms with E-state index in [2.05, 4.69) is 10.6 Å². The largest absolute Gasteiger partial charge is 0.497 e. The van der Waals surface area contributed by atoms with Crippen LogP contribution in [0.1, 0.15) is 5.56 Å². The zero-order chi connectivity index (χ0) is 13.0. The molecule has 0 aromatic heterocycles. The van der Waals surface area contributed by atoms with E-state index in [-0.39, 0.29) is 11.9 Å². The first-order chi connectivity index (χ1) is 8.70. The Morgan fingerprint density at radius 3 is 3.00 bits per heavy atom. The van der Waals surface area contributed by atoms with Crippen LogP contribution in [0, 0.1) is 6.92 Å². The van der Waals surface area contributed by atoms with Gasteiger partial charge in [0.25, 0.3) is 0 Å². The summed E-state index contributed by atoms with van der Waals surface area (Å²) in [7, 11) is 1.62. The zero-order valence-corrected chi connectivity index (χ0v) is 10.7. The van der Waals surface area contributed by atoms with E-state index in [0.29, 0.717) is 19.8 Å². The van der Waals surface area contributed by atoms with Gasteiger partial charge in [-0.25, -0.2) is 0 Å². The van der Waals surface area contributed by atoms with Crippen molar-refractivity contribution < 1.29 is 14.3 Å². The topological polar surface area (TPSA) is 59.6 Å². The quantitative estimate of drug-likeness (QED) is 0.838. The summed E-state index contributed by atoms with van der Waals surface area (Å²) in [5, 5.41) is 6.01. The second-order valence-electron chi connectivity index (χ2n) is 4.25. The Morgan fingerprint density at radius 1 is 1.56 bits per heavy atom. The normalized spacial score (nSPS) is 19.3. The number of hydrogen-bond donors (Lipinski definition) is 2. The number of aryl methyl sites for hydroxylation is 1. The molecule has 1 aliphatic heterocycles. The first-order valence-corrected chi connectivity index (χ1v) is 5.97. The highest BCUT2D eigenvalue weighted by atomic mass is 16.5. The molecule has 2 N–H and O–H groups in total. The Balaban J connectivity index is 2.02. The van der Waals surface area contributed by atoms with Gasteiger partial charge in [0.1, 0.15) is 11.8 Å². The van der Waals surface area contributed by atoms with E-state index in [0.717, 1.165) is 17.0 Å². The van der Waals surface area contributed by atoms with Crippen LogP contribution >= 0.6 is 0 Å². The van der Waals surface area contributed by atoms with Gasteiger partial charge in [-0.2, -0.15) is 0 Å². The van der Waals surface area contributed by atoms with Crippen molar-refractivity contribution >= 4 is 11.6 Å². The van der Waals surface area contributed by atoms with Gasteiger partial charge < -0.3 is 20.1 Å². The molecule has 1 aromatic carbocycles. The Bertz CT molecular complexity index is 428. The maximum Gasteiger partial charge on any atom is 0.243 e. The average Bonchev–Trinajstić information content (AvgIpc) is 2.42. The molecule has 1 unspecified atom stereocenters. The average molecular weight is 250 g/mol. The van der Waals surface area contributed by atoms with E-state index < -0.39 is 0 Å². The number of amides is 1. The van der Waals surface area contributed by atoms with Gasteiger partial charge in [0.05, 0.1) is 20.3 Å². The van der Waals surface area contributed by atoms with Crippen LogP contribution in [-0.4, -0.2) is 38.8 Å². The smallest absolute Gasteiger partial charge is 0.243 e. The number of morpholine rings is 1. The van der Waals surface area contributed by atoms with Crippen molar-refractivity contribution in [2.75, 3.05) is 32.2 Å². The standard InChI is InChI=1S/C13H18N2O3/c1-9-7-10(17-2)3-4-11(9)15-13(16)12-8-18-6-5-14-12/h3-4,7,12,14H,5-6,8H2,1-2H3,(H,15,16). The van der Waals surface area contributed by atoms with E-state index in [9.17, 15) is 4.79 Å². The molecule has 1 aromatic rings. The number of ether oxygens (including phenoxy) is 2. The first kappa shape index (κ1) is 12.9. The number of methoxy groups -OCH3 is 1. The second kappa shape index (κ2) is 5.84. The van der Waals surface area contributed by atoms with Crippen LogP contribution in [0.25, 0.3) is 0 Å². The minimum atomic E-state index is -0.278. The Kier molecular flexibility index (Phi) is 4.17. The monoisotopic (exact) mass is 250 g/mol. The minimum Gasteiger partial charge on any atom is -0.497 e. The number of carbonyl (C=O) groups excluding carboxylic acids is 1. The summed E-state index contributed by atoms with van der Waals surface area (Å²) >= 11 is 0. The first-order valence-electron chi connectivity index (χ1n) is 5.97. The van der Waals surface area contributed by atoms with E-state index in [1.165, 1.54) is 0 Å². The summed E-state index contributed by atoms with van der Waals surface area (Å²) in [5.74, 6) is 0.715. The Labute approximate surface area is 106 Å². The van der Waals surface area contributed by atoms with Gasteiger partial charge in [0.15, 0.2) is 0 Å². The third kappa shape index (κ3) is 3.00. The molecule has 1 heterocycles. The zero-order valence-electron chi connectivity index (χ0n) is 10.7. The highest BCUT2D eigenvalue weighted by molar-refractivity contribution is 5.95. The van der Waals surface area contributed by atoms with E-state index in [1.54, 1.807) is 7.11 Å². The maximum absolute atomic E-state index is 12.0. The number of hydrogen-bond acceptors (Lipinski definition) is 4. The molecule has 5 heteroatoms. The molecule has 18 heavy (non-hydrogen) atoms. The molecular weight excluding hydrogens is 232 g/mol. The van der Waals surface area contributed by atoms with Crippen molar-refractivity contribution in [3.05, 3.63) is 23.8 Å². The van der Waals surface area contributed by atoms with Crippen molar-refractivity contribution in [3.63, 3.8) is 0 Å². The van der Waals surface area contributed by atoms with Gasteiger partial charge >= 0.3 is 0 Å². The number of carbonyl (C=O) groups is 1. The van der Waals surface area contributed by atoms with Gasteiger partial charge in [-0.15, -0.1) is 0 Å².